The van der Waals surface area contributed by atoms with Crippen molar-refractivity contribution >= 4 is 6.03 Å². The van der Waals surface area contributed by atoms with Crippen molar-refractivity contribution in [3.63, 3.8) is 0 Å². The Balaban J connectivity index is 1.96. The standard InChI is InChI=1S/C11H14N2O2/c12-11(14)13-6-10-5-8-3-1-2-4-9(8)7-15-10/h1-4,10H,5-7H2,(H3,12,13,14). The molecule has 0 fully saturated rings. The van der Waals surface area contributed by atoms with E-state index in [-0.39, 0.29) is 6.10 Å². The fraction of sp³-hybridized carbons (Fsp3) is 0.364. The van der Waals surface area contributed by atoms with Crippen molar-refractivity contribution in [1.29, 1.82) is 0 Å². The summed E-state index contributed by atoms with van der Waals surface area (Å²) < 4.78 is 5.58. The number of primary amides is 1. The molecular formula is C11H14N2O2. The topological polar surface area (TPSA) is 64.4 Å². The molecule has 4 nitrogen and oxygen atoms in total. The third kappa shape index (κ3) is 2.47. The van der Waals surface area contributed by atoms with Gasteiger partial charge in [-0.1, -0.05) is 24.3 Å². The predicted molar refractivity (Wildman–Crippen MR) is 56.3 cm³/mol. The van der Waals surface area contributed by atoms with E-state index in [1.807, 2.05) is 12.1 Å². The summed E-state index contributed by atoms with van der Waals surface area (Å²) in [6.07, 6.45) is 0.864. The summed E-state index contributed by atoms with van der Waals surface area (Å²) in [5, 5.41) is 2.56. The molecule has 0 aromatic heterocycles. The van der Waals surface area contributed by atoms with Gasteiger partial charge in [0.25, 0.3) is 0 Å². The zero-order chi connectivity index (χ0) is 10.7. The Morgan fingerprint density at radius 3 is 2.93 bits per heavy atom. The van der Waals surface area contributed by atoms with Crippen LogP contribution in [0.5, 0.6) is 0 Å². The van der Waals surface area contributed by atoms with Crippen LogP contribution in [0.3, 0.4) is 0 Å². The number of ether oxygens (including phenoxy) is 1. The second-order valence-electron chi connectivity index (χ2n) is 3.65. The molecule has 0 aliphatic carbocycles. The Bertz CT molecular complexity index is 365. The number of urea groups is 1. The molecule has 1 heterocycles. The van der Waals surface area contributed by atoms with E-state index in [0.717, 1.165) is 6.42 Å². The van der Waals surface area contributed by atoms with Gasteiger partial charge in [0, 0.05) is 13.0 Å². The number of amides is 2. The molecular weight excluding hydrogens is 192 g/mol. The molecule has 15 heavy (non-hydrogen) atoms. The second-order valence-corrected chi connectivity index (χ2v) is 3.65. The van der Waals surface area contributed by atoms with Crippen molar-refractivity contribution in [3.05, 3.63) is 35.4 Å². The Kier molecular flexibility index (Phi) is 2.87. The van der Waals surface area contributed by atoms with Crippen LogP contribution in [0.1, 0.15) is 11.1 Å². The molecule has 1 unspecified atom stereocenters. The van der Waals surface area contributed by atoms with Gasteiger partial charge in [-0.05, 0) is 11.1 Å². The smallest absolute Gasteiger partial charge is 0.312 e. The van der Waals surface area contributed by atoms with Gasteiger partial charge in [-0.25, -0.2) is 4.79 Å². The minimum Gasteiger partial charge on any atom is -0.371 e. The van der Waals surface area contributed by atoms with Crippen molar-refractivity contribution in [2.45, 2.75) is 19.1 Å². The molecule has 0 spiro atoms. The van der Waals surface area contributed by atoms with Gasteiger partial charge >= 0.3 is 6.03 Å². The number of nitrogens with two attached hydrogens (primary N) is 1. The third-order valence-electron chi connectivity index (χ3n) is 2.54. The summed E-state index contributed by atoms with van der Waals surface area (Å²) in [5.41, 5.74) is 7.52. The highest BCUT2D eigenvalue weighted by atomic mass is 16.5. The minimum atomic E-state index is -0.502. The van der Waals surface area contributed by atoms with Gasteiger partial charge < -0.3 is 15.8 Å². The first kappa shape index (κ1) is 9.98. The average Bonchev–Trinajstić information content (AvgIpc) is 2.26. The Labute approximate surface area is 88.4 Å². The fourth-order valence-electron chi connectivity index (χ4n) is 1.75. The number of carbonyl (C=O) groups is 1. The highest BCUT2D eigenvalue weighted by molar-refractivity contribution is 5.71. The van der Waals surface area contributed by atoms with Gasteiger partial charge in [0.05, 0.1) is 12.7 Å². The van der Waals surface area contributed by atoms with Gasteiger partial charge in [0.1, 0.15) is 0 Å². The minimum absolute atomic E-state index is 0.0346. The predicted octanol–water partition coefficient (Wildman–Crippen LogP) is 0.796. The lowest BCUT2D eigenvalue weighted by molar-refractivity contribution is 0.0307. The quantitative estimate of drug-likeness (QED) is 0.751. The molecule has 2 amide bonds. The van der Waals surface area contributed by atoms with E-state index < -0.39 is 6.03 Å². The lowest BCUT2D eigenvalue weighted by atomic mass is 9.99. The van der Waals surface area contributed by atoms with Gasteiger partial charge in [-0.2, -0.15) is 0 Å². The molecule has 1 aliphatic heterocycles. The van der Waals surface area contributed by atoms with E-state index in [9.17, 15) is 4.79 Å². The Morgan fingerprint density at radius 2 is 2.20 bits per heavy atom. The molecule has 80 valence electrons. The van der Waals surface area contributed by atoms with Crippen LogP contribution in [0.15, 0.2) is 24.3 Å². The van der Waals surface area contributed by atoms with Crippen molar-refractivity contribution < 1.29 is 9.53 Å². The summed E-state index contributed by atoms with van der Waals surface area (Å²) in [6, 6.07) is 7.67. The summed E-state index contributed by atoms with van der Waals surface area (Å²) in [4.78, 5) is 10.5. The molecule has 0 radical (unpaired) electrons. The second kappa shape index (κ2) is 4.31. The first-order valence-electron chi connectivity index (χ1n) is 4.97. The van der Waals surface area contributed by atoms with E-state index in [1.54, 1.807) is 0 Å². The number of nitrogens with one attached hydrogen (secondary N) is 1. The average molecular weight is 206 g/mol. The molecule has 4 heteroatoms. The Morgan fingerprint density at radius 1 is 1.47 bits per heavy atom. The van der Waals surface area contributed by atoms with Crippen LogP contribution in [-0.2, 0) is 17.8 Å². The van der Waals surface area contributed by atoms with E-state index in [2.05, 4.69) is 17.4 Å². The van der Waals surface area contributed by atoms with E-state index in [1.165, 1.54) is 11.1 Å². The van der Waals surface area contributed by atoms with Crippen molar-refractivity contribution in [3.8, 4) is 0 Å². The van der Waals surface area contributed by atoms with Crippen molar-refractivity contribution in [2.75, 3.05) is 6.54 Å². The third-order valence-corrected chi connectivity index (χ3v) is 2.54. The monoisotopic (exact) mass is 206 g/mol. The molecule has 1 aliphatic rings. The first-order chi connectivity index (χ1) is 7.25. The lowest BCUT2D eigenvalue weighted by Crippen LogP contribution is -2.39. The number of hydrogen-bond donors (Lipinski definition) is 2. The molecule has 0 bridgehead atoms. The van der Waals surface area contributed by atoms with Crippen LogP contribution in [0.2, 0.25) is 0 Å². The summed E-state index contributed by atoms with van der Waals surface area (Å²) in [7, 11) is 0. The maximum Gasteiger partial charge on any atom is 0.312 e. The maximum atomic E-state index is 10.5. The van der Waals surface area contributed by atoms with Gasteiger partial charge in [0.15, 0.2) is 0 Å². The van der Waals surface area contributed by atoms with Crippen LogP contribution in [0.25, 0.3) is 0 Å². The zero-order valence-corrected chi connectivity index (χ0v) is 8.40. The highest BCUT2D eigenvalue weighted by Crippen LogP contribution is 2.19. The van der Waals surface area contributed by atoms with E-state index in [0.29, 0.717) is 13.2 Å². The van der Waals surface area contributed by atoms with Crippen LogP contribution < -0.4 is 11.1 Å². The molecule has 1 aromatic rings. The van der Waals surface area contributed by atoms with Gasteiger partial charge in [-0.3, -0.25) is 0 Å². The summed E-state index contributed by atoms with van der Waals surface area (Å²) >= 11 is 0. The summed E-state index contributed by atoms with van der Waals surface area (Å²) in [6.45, 7) is 1.09. The molecule has 3 N–H and O–H groups in total. The number of hydrogen-bond acceptors (Lipinski definition) is 2. The molecule has 0 saturated heterocycles. The number of rotatable bonds is 2. The van der Waals surface area contributed by atoms with Crippen molar-refractivity contribution in [2.24, 2.45) is 5.73 Å². The van der Waals surface area contributed by atoms with Crippen LogP contribution >= 0.6 is 0 Å². The van der Waals surface area contributed by atoms with Crippen molar-refractivity contribution in [1.82, 2.24) is 5.32 Å². The Hall–Kier alpha value is -1.55. The molecule has 2 rings (SSSR count). The molecule has 1 aromatic carbocycles. The summed E-state index contributed by atoms with van der Waals surface area (Å²) in [5.74, 6) is 0. The number of benzene rings is 1. The normalized spacial score (nSPS) is 19.3. The largest absolute Gasteiger partial charge is 0.371 e. The fourth-order valence-corrected chi connectivity index (χ4v) is 1.75. The van der Waals surface area contributed by atoms with Gasteiger partial charge in [-0.15, -0.1) is 0 Å². The van der Waals surface area contributed by atoms with Crippen LogP contribution in [0.4, 0.5) is 4.79 Å². The van der Waals surface area contributed by atoms with E-state index in [4.69, 9.17) is 10.5 Å². The van der Waals surface area contributed by atoms with Crippen LogP contribution in [-0.4, -0.2) is 18.7 Å². The first-order valence-corrected chi connectivity index (χ1v) is 4.97. The SMILES string of the molecule is NC(=O)NCC1Cc2ccccc2CO1. The van der Waals surface area contributed by atoms with Crippen LogP contribution in [0, 0.1) is 0 Å². The van der Waals surface area contributed by atoms with E-state index >= 15 is 0 Å². The maximum absolute atomic E-state index is 10.5. The number of carbonyl (C=O) groups excluding carboxylic acids is 1. The molecule has 1 atom stereocenters. The molecule has 0 saturated carbocycles. The lowest BCUT2D eigenvalue weighted by Gasteiger charge is -2.25. The number of fused-ring (bicyclic) bond motifs is 1. The zero-order valence-electron chi connectivity index (χ0n) is 8.40. The highest BCUT2D eigenvalue weighted by Gasteiger charge is 2.18. The van der Waals surface area contributed by atoms with Gasteiger partial charge in [0.2, 0.25) is 0 Å².